The molecule has 2 aliphatic heterocycles. The van der Waals surface area contributed by atoms with Crippen molar-refractivity contribution < 1.29 is 9.18 Å². The number of fused-ring (bicyclic) bond motifs is 1. The van der Waals surface area contributed by atoms with Gasteiger partial charge in [-0.1, -0.05) is 38.1 Å². The van der Waals surface area contributed by atoms with Gasteiger partial charge < -0.3 is 4.57 Å². The lowest BCUT2D eigenvalue weighted by Gasteiger charge is -2.20. The molecule has 0 radical (unpaired) electrons. The number of hydrazone groups is 1. The minimum Gasteiger partial charge on any atom is -0.318 e. The van der Waals surface area contributed by atoms with E-state index in [9.17, 15) is 9.18 Å². The Morgan fingerprint density at radius 2 is 1.80 bits per heavy atom. The van der Waals surface area contributed by atoms with Crippen molar-refractivity contribution in [1.82, 2.24) is 9.58 Å². The second-order valence-corrected chi connectivity index (χ2v) is 9.77. The molecule has 1 amide bonds. The fourth-order valence-corrected chi connectivity index (χ4v) is 5.15. The van der Waals surface area contributed by atoms with Crippen LogP contribution >= 0.6 is 11.8 Å². The largest absolute Gasteiger partial charge is 0.318 e. The Kier molecular flexibility index (Phi) is 5.76. The molecule has 35 heavy (non-hydrogen) atoms. The minimum atomic E-state index is -0.509. The van der Waals surface area contributed by atoms with Gasteiger partial charge in [-0.25, -0.2) is 4.39 Å². The maximum atomic E-state index is 14.3. The highest BCUT2D eigenvalue weighted by molar-refractivity contribution is 8.27. The number of hydrogen-bond donors (Lipinski definition) is 1. The number of nitrogens with one attached hydrogen (secondary N) is 1. The van der Waals surface area contributed by atoms with Crippen LogP contribution in [-0.2, 0) is 4.79 Å². The molecule has 0 spiro atoms. The van der Waals surface area contributed by atoms with Crippen LogP contribution in [-0.4, -0.2) is 31.5 Å². The van der Waals surface area contributed by atoms with Gasteiger partial charge in [-0.15, -0.1) is 0 Å². The SMILES string of the molecule is Cc1cc(/C=C2\C(=N)N3N=C(c4ccccc4F)SC3=NC2=O)c(C)n1-c1ccc(C(C)C)cc1. The van der Waals surface area contributed by atoms with Gasteiger partial charge in [0.1, 0.15) is 10.9 Å². The standard InChI is InChI=1S/C27H24FN5OS/c1-15(2)18-9-11-20(12-10-18)32-16(3)13-19(17(32)4)14-22-24(29)33-27(30-25(22)34)35-26(31-33)21-7-5-6-8-23(21)28/h5-15,29H,1-4H3/b22-14+,29-24?. The molecule has 0 fully saturated rings. The quantitative estimate of drug-likeness (QED) is 0.459. The van der Waals surface area contributed by atoms with E-state index >= 15 is 0 Å². The van der Waals surface area contributed by atoms with Crippen molar-refractivity contribution >= 4 is 39.8 Å². The maximum Gasteiger partial charge on any atom is 0.283 e. The number of hydrogen-bond acceptors (Lipinski definition) is 4. The van der Waals surface area contributed by atoms with Gasteiger partial charge in [0, 0.05) is 22.6 Å². The lowest BCUT2D eigenvalue weighted by Crippen LogP contribution is -2.35. The molecule has 1 N–H and O–H groups in total. The summed E-state index contributed by atoms with van der Waals surface area (Å²) in [5.41, 5.74) is 5.56. The van der Waals surface area contributed by atoms with E-state index in [1.807, 2.05) is 19.9 Å². The van der Waals surface area contributed by atoms with E-state index in [2.05, 4.69) is 52.8 Å². The van der Waals surface area contributed by atoms with Crippen molar-refractivity contribution in [3.63, 3.8) is 0 Å². The molecule has 1 aromatic heterocycles. The summed E-state index contributed by atoms with van der Waals surface area (Å²) < 4.78 is 16.4. The highest BCUT2D eigenvalue weighted by Gasteiger charge is 2.36. The first-order valence-corrected chi connectivity index (χ1v) is 12.1. The van der Waals surface area contributed by atoms with Crippen molar-refractivity contribution in [2.45, 2.75) is 33.6 Å². The lowest BCUT2D eigenvalue weighted by molar-refractivity contribution is -0.114. The third-order valence-electron chi connectivity index (χ3n) is 6.15. The summed E-state index contributed by atoms with van der Waals surface area (Å²) in [7, 11) is 0. The van der Waals surface area contributed by atoms with Crippen LogP contribution in [0.25, 0.3) is 11.8 Å². The van der Waals surface area contributed by atoms with Gasteiger partial charge in [0.25, 0.3) is 5.91 Å². The highest BCUT2D eigenvalue weighted by Crippen LogP contribution is 2.32. The molecule has 2 aromatic carbocycles. The van der Waals surface area contributed by atoms with Gasteiger partial charge in [-0.2, -0.15) is 15.1 Å². The van der Waals surface area contributed by atoms with E-state index in [1.54, 1.807) is 24.3 Å². The number of halogens is 1. The van der Waals surface area contributed by atoms with E-state index in [0.29, 0.717) is 16.5 Å². The number of carbonyl (C=O) groups is 1. The summed E-state index contributed by atoms with van der Waals surface area (Å²) in [6.07, 6.45) is 1.69. The first kappa shape index (κ1) is 23.0. The molecule has 0 aliphatic carbocycles. The molecule has 0 saturated carbocycles. The third-order valence-corrected chi connectivity index (χ3v) is 7.09. The number of amidine groups is 2. The molecule has 0 atom stereocenters. The maximum absolute atomic E-state index is 14.3. The van der Waals surface area contributed by atoms with Gasteiger partial charge in [0.15, 0.2) is 5.84 Å². The fourth-order valence-electron chi connectivity index (χ4n) is 4.23. The number of thioether (sulfide) groups is 1. The van der Waals surface area contributed by atoms with Gasteiger partial charge >= 0.3 is 0 Å². The predicted molar refractivity (Wildman–Crippen MR) is 140 cm³/mol. The van der Waals surface area contributed by atoms with E-state index in [-0.39, 0.29) is 16.6 Å². The van der Waals surface area contributed by atoms with Crippen LogP contribution < -0.4 is 0 Å². The molecular formula is C27H24FN5OS. The van der Waals surface area contributed by atoms with Crippen LogP contribution in [0.3, 0.4) is 0 Å². The van der Waals surface area contributed by atoms with Crippen molar-refractivity contribution in [3.8, 4) is 5.69 Å². The minimum absolute atomic E-state index is 0.0788. The van der Waals surface area contributed by atoms with Crippen LogP contribution in [0.15, 0.2) is 70.3 Å². The van der Waals surface area contributed by atoms with E-state index in [4.69, 9.17) is 5.41 Å². The van der Waals surface area contributed by atoms with Crippen molar-refractivity contribution in [2.24, 2.45) is 10.1 Å². The van der Waals surface area contributed by atoms with E-state index in [0.717, 1.165) is 34.4 Å². The fraction of sp³-hybridized carbons (Fsp3) is 0.185. The number of amides is 1. The number of nitrogens with zero attached hydrogens (tertiary/aromatic N) is 4. The molecule has 6 nitrogen and oxygen atoms in total. The average Bonchev–Trinajstić information content (AvgIpc) is 3.37. The second-order valence-electron chi connectivity index (χ2n) is 8.81. The topological polar surface area (TPSA) is 73.8 Å². The number of rotatable bonds is 4. The Bertz CT molecular complexity index is 1460. The summed E-state index contributed by atoms with van der Waals surface area (Å²) in [6.45, 7) is 8.33. The van der Waals surface area contributed by atoms with Crippen molar-refractivity contribution in [3.05, 3.63) is 94.1 Å². The molecule has 176 valence electrons. The molecule has 8 heteroatoms. The molecule has 0 unspecified atom stereocenters. The smallest absolute Gasteiger partial charge is 0.283 e. The van der Waals surface area contributed by atoms with Crippen molar-refractivity contribution in [2.75, 3.05) is 0 Å². The number of benzene rings is 2. The summed E-state index contributed by atoms with van der Waals surface area (Å²) in [5, 5.41) is 15.0. The zero-order valence-corrected chi connectivity index (χ0v) is 20.7. The van der Waals surface area contributed by atoms with Crippen LogP contribution in [0.2, 0.25) is 0 Å². The third kappa shape index (κ3) is 4.04. The van der Waals surface area contributed by atoms with Crippen LogP contribution in [0.5, 0.6) is 0 Å². The summed E-state index contributed by atoms with van der Waals surface area (Å²) >= 11 is 1.08. The monoisotopic (exact) mass is 485 g/mol. The van der Waals surface area contributed by atoms with Crippen LogP contribution in [0.4, 0.5) is 4.39 Å². The first-order chi connectivity index (χ1) is 16.7. The second kappa shape index (κ2) is 8.78. The number of aryl methyl sites for hydroxylation is 1. The van der Waals surface area contributed by atoms with Gasteiger partial charge in [-0.3, -0.25) is 10.2 Å². The molecule has 3 heterocycles. The van der Waals surface area contributed by atoms with Crippen LogP contribution in [0, 0.1) is 25.1 Å². The normalized spacial score (nSPS) is 16.7. The van der Waals surface area contributed by atoms with Gasteiger partial charge in [0.2, 0.25) is 5.17 Å². The predicted octanol–water partition coefficient (Wildman–Crippen LogP) is 6.02. The zero-order valence-electron chi connectivity index (χ0n) is 19.8. The summed E-state index contributed by atoms with van der Waals surface area (Å²) in [6, 6.07) is 16.7. The molecule has 0 bridgehead atoms. The molecule has 2 aliphatic rings. The van der Waals surface area contributed by atoms with Crippen molar-refractivity contribution in [1.29, 1.82) is 5.41 Å². The lowest BCUT2D eigenvalue weighted by atomic mass is 10.0. The van der Waals surface area contributed by atoms with Gasteiger partial charge in [0.05, 0.1) is 5.57 Å². The summed E-state index contributed by atoms with van der Waals surface area (Å²) in [5.74, 6) is -0.549. The first-order valence-electron chi connectivity index (χ1n) is 11.3. The molecular weight excluding hydrogens is 461 g/mol. The van der Waals surface area contributed by atoms with E-state index < -0.39 is 11.7 Å². The highest BCUT2D eigenvalue weighted by atomic mass is 32.2. The average molecular weight is 486 g/mol. The van der Waals surface area contributed by atoms with Crippen LogP contribution in [0.1, 0.15) is 47.8 Å². The number of aliphatic imine (C=N–C) groups is 1. The molecule has 5 rings (SSSR count). The Hall–Kier alpha value is -3.78. The Balaban J connectivity index is 1.49. The zero-order chi connectivity index (χ0) is 24.9. The summed E-state index contributed by atoms with van der Waals surface area (Å²) in [4.78, 5) is 17.0. The number of aromatic nitrogens is 1. The Morgan fingerprint density at radius 3 is 2.49 bits per heavy atom. The van der Waals surface area contributed by atoms with E-state index in [1.165, 1.54) is 16.6 Å². The Morgan fingerprint density at radius 1 is 1.09 bits per heavy atom. The molecule has 0 saturated heterocycles. The Labute approximate surface area is 207 Å². The van der Waals surface area contributed by atoms with Gasteiger partial charge in [-0.05, 0) is 79.1 Å². The number of carbonyl (C=O) groups excluding carboxylic acids is 1. The molecule has 3 aromatic rings.